The van der Waals surface area contributed by atoms with Crippen molar-refractivity contribution < 1.29 is 9.90 Å². The molecule has 5 heteroatoms. The van der Waals surface area contributed by atoms with Crippen molar-refractivity contribution in [2.45, 2.75) is 40.5 Å². The number of rotatable bonds is 3. The zero-order chi connectivity index (χ0) is 15.9. The molecular weight excluding hydrogens is 288 g/mol. The first-order valence-corrected chi connectivity index (χ1v) is 7.21. The molecule has 1 aromatic carbocycles. The molecule has 0 spiro atoms. The van der Waals surface area contributed by atoms with Crippen molar-refractivity contribution in [3.8, 4) is 5.69 Å². The van der Waals surface area contributed by atoms with Crippen molar-refractivity contribution in [2.24, 2.45) is 0 Å². The average Bonchev–Trinajstić information content (AvgIpc) is 2.66. The fraction of sp³-hybridized carbons (Fsp3) is 0.375. The minimum absolute atomic E-state index is 0.0130. The van der Waals surface area contributed by atoms with Crippen LogP contribution in [0.3, 0.4) is 0 Å². The Morgan fingerprint density at radius 1 is 1.24 bits per heavy atom. The molecule has 1 N–H and O–H groups in total. The third-order valence-corrected chi connectivity index (χ3v) is 3.81. The van der Waals surface area contributed by atoms with E-state index in [0.717, 1.165) is 22.4 Å². The van der Waals surface area contributed by atoms with Gasteiger partial charge < -0.3 is 5.11 Å². The minimum Gasteiger partial charge on any atom is -0.478 e. The second-order valence-corrected chi connectivity index (χ2v) is 6.03. The number of halogens is 1. The number of hydrogen-bond donors (Lipinski definition) is 1. The molecule has 0 saturated carbocycles. The van der Waals surface area contributed by atoms with E-state index in [0.29, 0.717) is 5.69 Å². The molecule has 0 bridgehead atoms. The van der Waals surface area contributed by atoms with Crippen LogP contribution in [0, 0.1) is 20.8 Å². The van der Waals surface area contributed by atoms with Crippen molar-refractivity contribution >= 4 is 17.6 Å². The molecule has 0 aliphatic heterocycles. The molecule has 4 nitrogen and oxygen atoms in total. The lowest BCUT2D eigenvalue weighted by Crippen LogP contribution is -2.04. The Kier molecular flexibility index (Phi) is 4.10. The first-order chi connectivity index (χ1) is 9.73. The van der Waals surface area contributed by atoms with Crippen LogP contribution in [0.25, 0.3) is 5.69 Å². The van der Waals surface area contributed by atoms with Crippen LogP contribution in [-0.4, -0.2) is 20.9 Å². The van der Waals surface area contributed by atoms with Gasteiger partial charge in [-0.25, -0.2) is 9.48 Å². The minimum atomic E-state index is -1.04. The van der Waals surface area contributed by atoms with Crippen molar-refractivity contribution in [3.05, 3.63) is 45.2 Å². The van der Waals surface area contributed by atoms with Crippen LogP contribution in [-0.2, 0) is 0 Å². The van der Waals surface area contributed by atoms with Gasteiger partial charge in [-0.2, -0.15) is 5.10 Å². The number of benzene rings is 1. The molecule has 0 atom stereocenters. The van der Waals surface area contributed by atoms with Crippen LogP contribution < -0.4 is 0 Å². The zero-order valence-electron chi connectivity index (χ0n) is 12.9. The smallest absolute Gasteiger partial charge is 0.340 e. The number of aromatic nitrogens is 2. The maximum Gasteiger partial charge on any atom is 0.340 e. The van der Waals surface area contributed by atoms with Crippen LogP contribution in [0.1, 0.15) is 52.5 Å². The van der Waals surface area contributed by atoms with Crippen molar-refractivity contribution in [1.29, 1.82) is 0 Å². The van der Waals surface area contributed by atoms with Gasteiger partial charge in [0.05, 0.1) is 11.4 Å². The first kappa shape index (κ1) is 15.6. The van der Waals surface area contributed by atoms with Gasteiger partial charge in [0.15, 0.2) is 0 Å². The van der Waals surface area contributed by atoms with Gasteiger partial charge in [-0.1, -0.05) is 43.1 Å². The summed E-state index contributed by atoms with van der Waals surface area (Å²) in [5.74, 6) is -1.06. The summed E-state index contributed by atoms with van der Waals surface area (Å²) in [6.45, 7) is 9.79. The lowest BCUT2D eigenvalue weighted by molar-refractivity contribution is 0.0695. The largest absolute Gasteiger partial charge is 0.478 e. The van der Waals surface area contributed by atoms with E-state index < -0.39 is 5.97 Å². The molecule has 1 heterocycles. The summed E-state index contributed by atoms with van der Waals surface area (Å²) >= 11 is 6.31. The highest BCUT2D eigenvalue weighted by atomic mass is 35.5. The number of carboxylic acid groups (broad SMARTS) is 1. The predicted octanol–water partition coefficient (Wildman–Crippen LogP) is 4.27. The number of nitrogens with zero attached hydrogens (tertiary/aromatic N) is 2. The molecular formula is C16H19ClN2O2. The van der Waals surface area contributed by atoms with Gasteiger partial charge >= 0.3 is 5.97 Å². The van der Waals surface area contributed by atoms with E-state index in [1.165, 1.54) is 0 Å². The molecule has 0 amide bonds. The quantitative estimate of drug-likeness (QED) is 0.921. The molecule has 0 unspecified atom stereocenters. The molecule has 2 aromatic rings. The first-order valence-electron chi connectivity index (χ1n) is 6.84. The zero-order valence-corrected chi connectivity index (χ0v) is 13.6. The Hall–Kier alpha value is -1.81. The summed E-state index contributed by atoms with van der Waals surface area (Å²) in [5.41, 5.74) is 4.63. The van der Waals surface area contributed by atoms with Gasteiger partial charge in [-0.05, 0) is 37.8 Å². The molecule has 0 saturated heterocycles. The monoisotopic (exact) mass is 306 g/mol. The number of carboxylic acids is 1. The highest BCUT2D eigenvalue weighted by Crippen LogP contribution is 2.31. The van der Waals surface area contributed by atoms with Gasteiger partial charge in [-0.15, -0.1) is 0 Å². The van der Waals surface area contributed by atoms with E-state index >= 15 is 0 Å². The number of hydrogen-bond acceptors (Lipinski definition) is 2. The van der Waals surface area contributed by atoms with Crippen LogP contribution in [0.2, 0.25) is 5.15 Å². The standard InChI is InChI=1S/C16H19ClN2O2/c1-8(2)13-12(16(20)21)15(17)19(18-13)14-10(4)6-9(3)7-11(14)5/h6-8H,1-5H3,(H,20,21). The molecule has 21 heavy (non-hydrogen) atoms. The summed E-state index contributed by atoms with van der Waals surface area (Å²) in [6.07, 6.45) is 0. The Morgan fingerprint density at radius 2 is 1.76 bits per heavy atom. The Labute approximate surface area is 129 Å². The SMILES string of the molecule is Cc1cc(C)c(-n2nc(C(C)C)c(C(=O)O)c2Cl)c(C)c1. The predicted molar refractivity (Wildman–Crippen MR) is 83.8 cm³/mol. The van der Waals surface area contributed by atoms with Gasteiger partial charge in [0.25, 0.3) is 0 Å². The molecule has 0 fully saturated rings. The van der Waals surface area contributed by atoms with Gasteiger partial charge in [-0.3, -0.25) is 0 Å². The van der Waals surface area contributed by atoms with Crippen LogP contribution in [0.4, 0.5) is 0 Å². The molecule has 1 aromatic heterocycles. The van der Waals surface area contributed by atoms with Gasteiger partial charge in [0.1, 0.15) is 10.7 Å². The van der Waals surface area contributed by atoms with E-state index in [2.05, 4.69) is 5.10 Å². The fourth-order valence-electron chi connectivity index (χ4n) is 2.67. The maximum atomic E-state index is 11.5. The summed E-state index contributed by atoms with van der Waals surface area (Å²) in [4.78, 5) is 11.5. The fourth-order valence-corrected chi connectivity index (χ4v) is 2.97. The van der Waals surface area contributed by atoms with Crippen LogP contribution >= 0.6 is 11.6 Å². The topological polar surface area (TPSA) is 55.1 Å². The molecule has 0 aliphatic rings. The lowest BCUT2D eigenvalue weighted by atomic mass is 10.1. The van der Waals surface area contributed by atoms with Gasteiger partial charge in [0.2, 0.25) is 0 Å². The van der Waals surface area contributed by atoms with Crippen molar-refractivity contribution in [2.75, 3.05) is 0 Å². The summed E-state index contributed by atoms with van der Waals surface area (Å²) < 4.78 is 1.55. The van der Waals surface area contributed by atoms with E-state index in [4.69, 9.17) is 11.6 Å². The Morgan fingerprint density at radius 3 is 2.14 bits per heavy atom. The van der Waals surface area contributed by atoms with Gasteiger partial charge in [0, 0.05) is 0 Å². The normalized spacial score (nSPS) is 11.2. The summed E-state index contributed by atoms with van der Waals surface area (Å²) in [6, 6.07) is 4.08. The molecule has 0 aliphatic carbocycles. The van der Waals surface area contributed by atoms with Crippen LogP contribution in [0.5, 0.6) is 0 Å². The summed E-state index contributed by atoms with van der Waals surface area (Å²) in [5, 5.41) is 14.0. The van der Waals surface area contributed by atoms with E-state index in [1.807, 2.05) is 46.8 Å². The van der Waals surface area contributed by atoms with E-state index in [-0.39, 0.29) is 16.6 Å². The van der Waals surface area contributed by atoms with Crippen LogP contribution in [0.15, 0.2) is 12.1 Å². The highest BCUT2D eigenvalue weighted by Gasteiger charge is 2.25. The van der Waals surface area contributed by atoms with Crippen molar-refractivity contribution in [1.82, 2.24) is 9.78 Å². The number of carbonyl (C=O) groups is 1. The van der Waals surface area contributed by atoms with E-state index in [9.17, 15) is 9.90 Å². The van der Waals surface area contributed by atoms with E-state index in [1.54, 1.807) is 4.68 Å². The second kappa shape index (κ2) is 5.53. The second-order valence-electron chi connectivity index (χ2n) is 5.67. The molecule has 112 valence electrons. The highest BCUT2D eigenvalue weighted by molar-refractivity contribution is 6.33. The number of aromatic carboxylic acids is 1. The average molecular weight is 307 g/mol. The number of aryl methyl sites for hydroxylation is 3. The molecule has 0 radical (unpaired) electrons. The lowest BCUT2D eigenvalue weighted by Gasteiger charge is -2.12. The Bertz CT molecular complexity index is 694. The Balaban J connectivity index is 2.77. The third kappa shape index (κ3) is 2.68. The third-order valence-electron chi connectivity index (χ3n) is 3.46. The summed E-state index contributed by atoms with van der Waals surface area (Å²) in [7, 11) is 0. The van der Waals surface area contributed by atoms with Crippen molar-refractivity contribution in [3.63, 3.8) is 0 Å². The molecule has 2 rings (SSSR count). The maximum absolute atomic E-state index is 11.5.